The van der Waals surface area contributed by atoms with Crippen molar-refractivity contribution in [2.45, 2.75) is 19.0 Å². The molecule has 1 unspecified atom stereocenters. The zero-order chi connectivity index (χ0) is 21.2. The number of alkyl halides is 3. The Morgan fingerprint density at radius 3 is 2.41 bits per heavy atom. The summed E-state index contributed by atoms with van der Waals surface area (Å²) in [7, 11) is 0. The highest BCUT2D eigenvalue weighted by atomic mass is 19.4. The van der Waals surface area contributed by atoms with E-state index in [1.54, 1.807) is 24.5 Å². The number of carbonyl (C=O) groups is 2. The lowest BCUT2D eigenvalue weighted by Crippen LogP contribution is -2.50. The van der Waals surface area contributed by atoms with E-state index in [0.29, 0.717) is 0 Å². The molecule has 0 saturated heterocycles. The summed E-state index contributed by atoms with van der Waals surface area (Å²) in [5.74, 6) is -1.43. The molecule has 0 radical (unpaired) electrons. The van der Waals surface area contributed by atoms with Crippen molar-refractivity contribution in [2.24, 2.45) is 16.9 Å². The molecule has 2 heterocycles. The van der Waals surface area contributed by atoms with Crippen LogP contribution in [-0.2, 0) is 22.2 Å². The normalized spacial score (nSPS) is 19.6. The number of carbonyl (C=O) groups excluding carboxylic acids is 2. The fraction of sp³-hybridized carbons (Fsp3) is 0.250. The van der Waals surface area contributed by atoms with Gasteiger partial charge in [-0.2, -0.15) is 13.2 Å². The molecule has 9 heteroatoms. The van der Waals surface area contributed by atoms with Crippen molar-refractivity contribution in [1.82, 2.24) is 4.98 Å². The van der Waals surface area contributed by atoms with Crippen LogP contribution in [-0.4, -0.2) is 23.3 Å². The highest BCUT2D eigenvalue weighted by Gasteiger charge is 2.43. The van der Waals surface area contributed by atoms with E-state index in [1.165, 1.54) is 23.2 Å². The van der Waals surface area contributed by atoms with E-state index in [9.17, 15) is 22.8 Å². The van der Waals surface area contributed by atoms with Crippen molar-refractivity contribution < 1.29 is 22.8 Å². The van der Waals surface area contributed by atoms with Crippen LogP contribution in [0.2, 0.25) is 0 Å². The van der Waals surface area contributed by atoms with Crippen LogP contribution in [0.25, 0.3) is 0 Å². The number of nitrogens with two attached hydrogens (primary N) is 2. The minimum atomic E-state index is -4.53. The van der Waals surface area contributed by atoms with E-state index >= 15 is 0 Å². The quantitative estimate of drug-likeness (QED) is 0.799. The molecule has 2 amide bonds. The first-order chi connectivity index (χ1) is 13.6. The monoisotopic (exact) mass is 404 g/mol. The minimum Gasteiger partial charge on any atom is -0.369 e. The van der Waals surface area contributed by atoms with Gasteiger partial charge < -0.3 is 16.4 Å². The third-order valence-corrected chi connectivity index (χ3v) is 4.95. The Kier molecular flexibility index (Phi) is 5.32. The molecule has 0 aliphatic carbocycles. The van der Waals surface area contributed by atoms with Gasteiger partial charge in [0, 0.05) is 36.4 Å². The van der Waals surface area contributed by atoms with Gasteiger partial charge in [-0.3, -0.25) is 14.6 Å². The molecule has 1 aromatic carbocycles. The van der Waals surface area contributed by atoms with Gasteiger partial charge in [-0.15, -0.1) is 0 Å². The van der Waals surface area contributed by atoms with Crippen LogP contribution in [0.15, 0.2) is 60.6 Å². The van der Waals surface area contributed by atoms with Crippen LogP contribution in [0.1, 0.15) is 17.5 Å². The van der Waals surface area contributed by atoms with Gasteiger partial charge in [-0.1, -0.05) is 6.07 Å². The zero-order valence-corrected chi connectivity index (χ0v) is 15.3. The van der Waals surface area contributed by atoms with Crippen LogP contribution < -0.4 is 16.4 Å². The van der Waals surface area contributed by atoms with Crippen LogP contribution in [0.5, 0.6) is 0 Å². The summed E-state index contributed by atoms with van der Waals surface area (Å²) in [5.41, 5.74) is 10.1. The molecule has 1 aromatic heterocycles. The van der Waals surface area contributed by atoms with E-state index in [-0.39, 0.29) is 30.6 Å². The Labute approximate surface area is 165 Å². The summed E-state index contributed by atoms with van der Waals surface area (Å²) in [4.78, 5) is 29.7. The average molecular weight is 404 g/mol. The number of nitrogens with zero attached hydrogens (tertiary/aromatic N) is 2. The molecule has 2 aromatic rings. The molecule has 0 spiro atoms. The maximum Gasteiger partial charge on any atom is 0.416 e. The highest BCUT2D eigenvalue weighted by molar-refractivity contribution is 5.95. The molecule has 6 nitrogen and oxygen atoms in total. The predicted molar refractivity (Wildman–Crippen MR) is 100 cm³/mol. The number of anilines is 1. The van der Waals surface area contributed by atoms with Crippen LogP contribution in [0, 0.1) is 5.41 Å². The van der Waals surface area contributed by atoms with Gasteiger partial charge in [0.1, 0.15) is 0 Å². The summed E-state index contributed by atoms with van der Waals surface area (Å²) in [6.07, 6.45) is 0.149. The second-order valence-electron chi connectivity index (χ2n) is 7.05. The van der Waals surface area contributed by atoms with E-state index in [0.717, 1.165) is 17.7 Å². The van der Waals surface area contributed by atoms with Gasteiger partial charge in [0.25, 0.3) is 0 Å². The number of hydrogen-bond donors (Lipinski definition) is 2. The van der Waals surface area contributed by atoms with Gasteiger partial charge in [0.2, 0.25) is 11.8 Å². The van der Waals surface area contributed by atoms with E-state index in [4.69, 9.17) is 11.5 Å². The van der Waals surface area contributed by atoms with Crippen molar-refractivity contribution in [3.63, 3.8) is 0 Å². The van der Waals surface area contributed by atoms with Crippen molar-refractivity contribution >= 4 is 17.5 Å². The molecular weight excluding hydrogens is 385 g/mol. The SMILES string of the molecule is NC(=O)C1=CN(c2cccc(C(F)(F)F)c2)CC(Cc2ccncc2)(C(N)=O)C1. The Morgan fingerprint density at radius 2 is 1.83 bits per heavy atom. The molecule has 3 rings (SSSR count). The number of halogens is 3. The van der Waals surface area contributed by atoms with Crippen molar-refractivity contribution in [1.29, 1.82) is 0 Å². The van der Waals surface area contributed by atoms with E-state index < -0.39 is 29.0 Å². The number of aromatic nitrogens is 1. The number of amides is 2. The Hall–Kier alpha value is -3.36. The Bertz CT molecular complexity index is 960. The summed E-state index contributed by atoms with van der Waals surface area (Å²) in [6.45, 7) is 0.00272. The molecule has 1 aliphatic heterocycles. The molecule has 4 N–H and O–H groups in total. The molecule has 0 bridgehead atoms. The van der Waals surface area contributed by atoms with Crippen LogP contribution in [0.3, 0.4) is 0 Å². The number of rotatable bonds is 5. The van der Waals surface area contributed by atoms with Crippen LogP contribution >= 0.6 is 0 Å². The van der Waals surface area contributed by atoms with E-state index in [1.807, 2.05) is 0 Å². The van der Waals surface area contributed by atoms with Gasteiger partial charge in [-0.25, -0.2) is 0 Å². The van der Waals surface area contributed by atoms with Crippen molar-refractivity contribution in [3.05, 3.63) is 71.7 Å². The number of benzene rings is 1. The molecule has 1 aliphatic rings. The first-order valence-electron chi connectivity index (χ1n) is 8.74. The Balaban J connectivity index is 2.05. The first kappa shape index (κ1) is 20.4. The van der Waals surface area contributed by atoms with Gasteiger partial charge >= 0.3 is 6.18 Å². The lowest BCUT2D eigenvalue weighted by atomic mass is 9.73. The van der Waals surface area contributed by atoms with Crippen molar-refractivity contribution in [3.8, 4) is 0 Å². The van der Waals surface area contributed by atoms with Gasteiger partial charge in [0.15, 0.2) is 0 Å². The largest absolute Gasteiger partial charge is 0.416 e. The summed E-state index contributed by atoms with van der Waals surface area (Å²) >= 11 is 0. The smallest absolute Gasteiger partial charge is 0.369 e. The molecule has 29 heavy (non-hydrogen) atoms. The molecule has 0 saturated carbocycles. The molecule has 152 valence electrons. The lowest BCUT2D eigenvalue weighted by molar-refractivity contribution is -0.137. The third-order valence-electron chi connectivity index (χ3n) is 4.95. The van der Waals surface area contributed by atoms with E-state index in [2.05, 4.69) is 4.98 Å². The average Bonchev–Trinajstić information content (AvgIpc) is 2.68. The number of primary amides is 2. The predicted octanol–water partition coefficient (Wildman–Crippen LogP) is 2.39. The zero-order valence-electron chi connectivity index (χ0n) is 15.3. The molecular formula is C20H19F3N4O2. The minimum absolute atomic E-state index is 0.00272. The molecule has 0 fully saturated rings. The summed E-state index contributed by atoms with van der Waals surface area (Å²) < 4.78 is 39.4. The third kappa shape index (κ3) is 4.39. The molecule has 1 atom stereocenters. The number of hydrogen-bond acceptors (Lipinski definition) is 4. The van der Waals surface area contributed by atoms with Crippen LogP contribution in [0.4, 0.5) is 18.9 Å². The Morgan fingerprint density at radius 1 is 1.14 bits per heavy atom. The van der Waals surface area contributed by atoms with Gasteiger partial charge in [0.05, 0.1) is 11.0 Å². The fourth-order valence-electron chi connectivity index (χ4n) is 3.47. The van der Waals surface area contributed by atoms with Crippen molar-refractivity contribution in [2.75, 3.05) is 11.4 Å². The topological polar surface area (TPSA) is 102 Å². The summed E-state index contributed by atoms with van der Waals surface area (Å²) in [6, 6.07) is 8.05. The highest BCUT2D eigenvalue weighted by Crippen LogP contribution is 2.39. The second-order valence-corrected chi connectivity index (χ2v) is 7.05. The second kappa shape index (κ2) is 7.57. The standard InChI is InChI=1S/C20H19F3N4O2/c21-20(22,23)15-2-1-3-16(8-15)27-11-14(17(24)28)10-19(12-27,18(25)29)9-13-4-6-26-7-5-13/h1-8,11H,9-10,12H2,(H2,24,28)(H2,25,29). The number of pyridine rings is 1. The first-order valence-corrected chi connectivity index (χ1v) is 8.74. The maximum absolute atomic E-state index is 13.1. The summed E-state index contributed by atoms with van der Waals surface area (Å²) in [5, 5.41) is 0. The fourth-order valence-corrected chi connectivity index (χ4v) is 3.47. The van der Waals surface area contributed by atoms with Gasteiger partial charge in [-0.05, 0) is 48.7 Å². The lowest BCUT2D eigenvalue weighted by Gasteiger charge is -2.40. The maximum atomic E-state index is 13.1.